The number of rotatable bonds is 8. The van der Waals surface area contributed by atoms with Crippen LogP contribution in [0.1, 0.15) is 18.4 Å². The Morgan fingerprint density at radius 3 is 2.09 bits per heavy atom. The smallest absolute Gasteiger partial charge is 0.353 e. The summed E-state index contributed by atoms with van der Waals surface area (Å²) in [5.41, 5.74) is 0.716. The Morgan fingerprint density at radius 2 is 1.65 bits per heavy atom. The minimum atomic E-state index is -3.41. The second kappa shape index (κ2) is 8.77. The van der Waals surface area contributed by atoms with Gasteiger partial charge in [0.2, 0.25) is 0 Å². The minimum Gasteiger partial charge on any atom is -0.468 e. The minimum absolute atomic E-state index is 0.347. The number of allylic oxidation sites excluding steroid dienone is 1. The summed E-state index contributed by atoms with van der Waals surface area (Å²) >= 11 is 0. The molecule has 2 atom stereocenters. The van der Waals surface area contributed by atoms with Gasteiger partial charge in [-0.2, -0.15) is 0 Å². The SMILES string of the molecule is COC(=O)C(C(C)=O)C(/C=C/P(=O)(OC)OC)c1ccccc1. The third kappa shape index (κ3) is 5.13. The van der Waals surface area contributed by atoms with Gasteiger partial charge in [0.05, 0.1) is 7.11 Å². The summed E-state index contributed by atoms with van der Waals surface area (Å²) in [5.74, 6) is -1.43. The topological polar surface area (TPSA) is 78.9 Å². The van der Waals surface area contributed by atoms with E-state index in [9.17, 15) is 14.2 Å². The summed E-state index contributed by atoms with van der Waals surface area (Å²) in [6.45, 7) is 1.32. The summed E-state index contributed by atoms with van der Waals surface area (Å²) in [5, 5.41) is 0. The van der Waals surface area contributed by atoms with Gasteiger partial charge in [0, 0.05) is 26.0 Å². The van der Waals surface area contributed by atoms with Gasteiger partial charge in [-0.3, -0.25) is 14.2 Å². The van der Waals surface area contributed by atoms with Crippen LogP contribution in [0.3, 0.4) is 0 Å². The van der Waals surface area contributed by atoms with Crippen LogP contribution in [0.25, 0.3) is 0 Å². The van der Waals surface area contributed by atoms with Crippen molar-refractivity contribution in [3.8, 4) is 0 Å². The monoisotopic (exact) mass is 340 g/mol. The number of esters is 1. The predicted octanol–water partition coefficient (Wildman–Crippen LogP) is 3.15. The fourth-order valence-electron chi connectivity index (χ4n) is 2.18. The Hall–Kier alpha value is -1.75. The standard InChI is InChI=1S/C16H21O6P/c1-12(17)15(16(18)20-2)14(13-8-6-5-7-9-13)10-11-23(19,21-3)22-4/h5-11,14-15H,1-4H3/b11-10+. The Bertz CT molecular complexity index is 602. The Kier molecular flexibility index (Phi) is 7.36. The van der Waals surface area contributed by atoms with Gasteiger partial charge < -0.3 is 13.8 Å². The third-order valence-corrected chi connectivity index (χ3v) is 4.98. The number of Topliss-reactive ketones (excluding diaryl/α,β-unsaturated/α-hetero) is 1. The molecule has 6 nitrogen and oxygen atoms in total. The third-order valence-electron chi connectivity index (χ3n) is 3.42. The molecule has 0 radical (unpaired) electrons. The zero-order chi connectivity index (χ0) is 17.5. The molecule has 0 heterocycles. The van der Waals surface area contributed by atoms with Gasteiger partial charge in [-0.05, 0) is 12.5 Å². The van der Waals surface area contributed by atoms with E-state index in [4.69, 9.17) is 13.8 Å². The van der Waals surface area contributed by atoms with E-state index >= 15 is 0 Å². The van der Waals surface area contributed by atoms with E-state index in [1.807, 2.05) is 6.07 Å². The first-order chi connectivity index (χ1) is 10.9. The van der Waals surface area contributed by atoms with Gasteiger partial charge in [0.15, 0.2) is 0 Å². The number of benzene rings is 1. The van der Waals surface area contributed by atoms with Gasteiger partial charge in [0.25, 0.3) is 0 Å². The lowest BCUT2D eigenvalue weighted by molar-refractivity contribution is -0.149. The number of hydrogen-bond donors (Lipinski definition) is 0. The maximum atomic E-state index is 12.2. The molecule has 23 heavy (non-hydrogen) atoms. The number of hydrogen-bond acceptors (Lipinski definition) is 6. The number of ketones is 1. The van der Waals surface area contributed by atoms with Gasteiger partial charge in [-0.1, -0.05) is 36.4 Å². The lowest BCUT2D eigenvalue weighted by atomic mass is 9.83. The molecule has 0 fully saturated rings. The highest BCUT2D eigenvalue weighted by Crippen LogP contribution is 2.49. The normalized spacial score (nSPS) is 14.4. The van der Waals surface area contributed by atoms with Gasteiger partial charge in [-0.25, -0.2) is 0 Å². The van der Waals surface area contributed by atoms with Crippen molar-refractivity contribution in [3.05, 3.63) is 47.8 Å². The van der Waals surface area contributed by atoms with E-state index in [0.717, 1.165) is 0 Å². The maximum absolute atomic E-state index is 12.2. The van der Waals surface area contributed by atoms with Crippen molar-refractivity contribution < 1.29 is 27.9 Å². The van der Waals surface area contributed by atoms with Crippen molar-refractivity contribution in [1.29, 1.82) is 0 Å². The van der Waals surface area contributed by atoms with Gasteiger partial charge in [0.1, 0.15) is 11.7 Å². The molecule has 0 saturated heterocycles. The van der Waals surface area contributed by atoms with Gasteiger partial charge >= 0.3 is 13.6 Å². The summed E-state index contributed by atoms with van der Waals surface area (Å²) in [6.07, 6.45) is 1.49. The second-order valence-electron chi connectivity index (χ2n) is 4.79. The van der Waals surface area contributed by atoms with Crippen LogP contribution in [-0.2, 0) is 27.9 Å². The number of ether oxygens (including phenoxy) is 1. The van der Waals surface area contributed by atoms with Crippen LogP contribution in [0.4, 0.5) is 0 Å². The van der Waals surface area contributed by atoms with Crippen LogP contribution in [0.2, 0.25) is 0 Å². The first-order valence-corrected chi connectivity index (χ1v) is 8.53. The van der Waals surface area contributed by atoms with E-state index in [-0.39, 0.29) is 5.78 Å². The average molecular weight is 340 g/mol. The molecule has 0 aromatic heterocycles. The van der Waals surface area contributed by atoms with Crippen molar-refractivity contribution in [2.75, 3.05) is 21.3 Å². The molecule has 7 heteroatoms. The second-order valence-corrected chi connectivity index (χ2v) is 6.90. The Balaban J connectivity index is 3.32. The average Bonchev–Trinajstić information content (AvgIpc) is 2.58. The van der Waals surface area contributed by atoms with Crippen molar-refractivity contribution in [1.82, 2.24) is 0 Å². The van der Waals surface area contributed by atoms with Crippen LogP contribution >= 0.6 is 7.60 Å². The van der Waals surface area contributed by atoms with Crippen molar-refractivity contribution in [3.63, 3.8) is 0 Å². The maximum Gasteiger partial charge on any atom is 0.353 e. The van der Waals surface area contributed by atoms with E-state index in [1.165, 1.54) is 40.1 Å². The highest BCUT2D eigenvalue weighted by atomic mass is 31.2. The largest absolute Gasteiger partial charge is 0.468 e. The molecular weight excluding hydrogens is 319 g/mol. The summed E-state index contributed by atoms with van der Waals surface area (Å²) in [7, 11) is 0.331. The molecule has 1 rings (SSSR count). The molecule has 0 aliphatic rings. The fourth-order valence-corrected chi connectivity index (χ4v) is 2.97. The van der Waals surface area contributed by atoms with Crippen LogP contribution in [0.5, 0.6) is 0 Å². The van der Waals surface area contributed by atoms with Crippen LogP contribution in [0, 0.1) is 5.92 Å². The zero-order valence-electron chi connectivity index (χ0n) is 13.6. The molecule has 0 aliphatic heterocycles. The van der Waals surface area contributed by atoms with Crippen molar-refractivity contribution in [2.24, 2.45) is 5.92 Å². The molecule has 2 unspecified atom stereocenters. The Morgan fingerprint density at radius 1 is 1.09 bits per heavy atom. The molecule has 0 saturated carbocycles. The highest BCUT2D eigenvalue weighted by molar-refractivity contribution is 7.57. The van der Waals surface area contributed by atoms with Crippen LogP contribution in [0.15, 0.2) is 42.2 Å². The molecule has 0 bridgehead atoms. The van der Waals surface area contributed by atoms with E-state index in [0.29, 0.717) is 5.56 Å². The zero-order valence-corrected chi connectivity index (χ0v) is 14.5. The first kappa shape index (κ1) is 19.3. The lowest BCUT2D eigenvalue weighted by Crippen LogP contribution is -2.29. The van der Waals surface area contributed by atoms with E-state index < -0.39 is 25.4 Å². The highest BCUT2D eigenvalue weighted by Gasteiger charge is 2.33. The number of methoxy groups -OCH3 is 1. The summed E-state index contributed by atoms with van der Waals surface area (Å²) in [6, 6.07) is 8.95. The van der Waals surface area contributed by atoms with Crippen LogP contribution < -0.4 is 0 Å². The quantitative estimate of drug-likeness (QED) is 0.411. The number of carbonyl (C=O) groups excluding carboxylic acids is 2. The predicted molar refractivity (Wildman–Crippen MR) is 86.1 cm³/mol. The molecule has 0 spiro atoms. The molecule has 0 aliphatic carbocycles. The Labute approximate surface area is 136 Å². The molecule has 0 N–H and O–H groups in total. The molecular formula is C16H21O6P. The van der Waals surface area contributed by atoms with Crippen molar-refractivity contribution in [2.45, 2.75) is 12.8 Å². The van der Waals surface area contributed by atoms with Gasteiger partial charge in [-0.15, -0.1) is 0 Å². The van der Waals surface area contributed by atoms with Crippen molar-refractivity contribution >= 4 is 19.3 Å². The van der Waals surface area contributed by atoms with Crippen LogP contribution in [-0.4, -0.2) is 33.1 Å². The number of carbonyl (C=O) groups is 2. The molecule has 0 amide bonds. The van der Waals surface area contributed by atoms with E-state index in [2.05, 4.69) is 0 Å². The fraction of sp³-hybridized carbons (Fsp3) is 0.375. The van der Waals surface area contributed by atoms with E-state index in [1.54, 1.807) is 24.3 Å². The lowest BCUT2D eigenvalue weighted by Gasteiger charge is -2.21. The summed E-state index contributed by atoms with van der Waals surface area (Å²) in [4.78, 5) is 24.0. The first-order valence-electron chi connectivity index (χ1n) is 6.92. The molecule has 1 aromatic rings. The summed E-state index contributed by atoms with van der Waals surface area (Å²) < 4.78 is 26.6. The molecule has 126 valence electrons. The molecule has 1 aromatic carbocycles.